The Balaban J connectivity index is 1.37. The number of hydrogen-bond donors (Lipinski definition) is 0. The number of alkyl halides is 2. The number of carbonyl (C=O) groups excluding carboxylic acids is 1. The van der Waals surface area contributed by atoms with Crippen LogP contribution < -0.4 is 14.2 Å². The second kappa shape index (κ2) is 10.8. The normalized spacial score (nSPS) is 16.1. The highest BCUT2D eigenvalue weighted by Crippen LogP contribution is 2.40. The zero-order valence-corrected chi connectivity index (χ0v) is 20.4. The van der Waals surface area contributed by atoms with E-state index in [1.165, 1.54) is 39.1 Å². The van der Waals surface area contributed by atoms with Crippen molar-refractivity contribution in [3.8, 4) is 28.5 Å². The number of fused-ring (bicyclic) bond motifs is 1. The van der Waals surface area contributed by atoms with Gasteiger partial charge >= 0.3 is 6.61 Å². The second-order valence-electron chi connectivity index (χ2n) is 9.49. The summed E-state index contributed by atoms with van der Waals surface area (Å²) in [5.41, 5.74) is 1.93. The lowest BCUT2D eigenvalue weighted by Crippen LogP contribution is -2.21. The van der Waals surface area contributed by atoms with Crippen molar-refractivity contribution in [1.82, 2.24) is 14.3 Å². The number of imidazole rings is 1. The van der Waals surface area contributed by atoms with Crippen LogP contribution in [0.5, 0.6) is 17.2 Å². The summed E-state index contributed by atoms with van der Waals surface area (Å²) < 4.78 is 44.5. The van der Waals surface area contributed by atoms with Gasteiger partial charge in [0.05, 0.1) is 25.6 Å². The minimum Gasteiger partial charge on any atom is -0.496 e. The number of rotatable bonds is 12. The molecule has 0 unspecified atom stereocenters. The van der Waals surface area contributed by atoms with E-state index >= 15 is 0 Å². The van der Waals surface area contributed by atoms with Gasteiger partial charge in [0.1, 0.15) is 28.5 Å². The molecule has 7 nitrogen and oxygen atoms in total. The lowest BCUT2D eigenvalue weighted by molar-refractivity contribution is -0.0502. The summed E-state index contributed by atoms with van der Waals surface area (Å²) in [6.07, 6.45) is 9.25. The Morgan fingerprint density at radius 2 is 1.94 bits per heavy atom. The van der Waals surface area contributed by atoms with Gasteiger partial charge in [-0.25, -0.2) is 4.98 Å². The predicted octanol–water partition coefficient (Wildman–Crippen LogP) is 5.46. The summed E-state index contributed by atoms with van der Waals surface area (Å²) in [6, 6.07) is 6.84. The Hall–Kier alpha value is -3.20. The average molecular weight is 500 g/mol. The molecule has 0 atom stereocenters. The minimum atomic E-state index is -3.07. The maximum atomic E-state index is 13.3. The van der Waals surface area contributed by atoms with Gasteiger partial charge in [0.25, 0.3) is 0 Å². The number of likely N-dealkylation sites (tertiary alicyclic amines) is 1. The van der Waals surface area contributed by atoms with E-state index in [0.29, 0.717) is 35.9 Å². The Morgan fingerprint density at radius 1 is 1.17 bits per heavy atom. The number of carbonyl (C=O) groups is 1. The molecule has 192 valence electrons. The van der Waals surface area contributed by atoms with Crippen molar-refractivity contribution in [3.05, 3.63) is 42.2 Å². The summed E-state index contributed by atoms with van der Waals surface area (Å²) in [5, 5.41) is 0. The third-order valence-corrected chi connectivity index (χ3v) is 6.82. The molecular weight excluding hydrogens is 468 g/mol. The quantitative estimate of drug-likeness (QED) is 0.244. The van der Waals surface area contributed by atoms with Crippen molar-refractivity contribution in [3.63, 3.8) is 0 Å². The standard InChI is InChI=1S/C27H31F2N3O4/c1-34-23-14-19(15-24(36-27(28)29)26(23)22(33)13-18-5-6-18)21-17-30-25-16-20(7-11-32(21)25)35-12-4-10-31-8-2-3-9-31/h7,11,14-18,27H,2-6,8-10,12-13H2,1H3. The summed E-state index contributed by atoms with van der Waals surface area (Å²) in [7, 11) is 1.42. The molecule has 2 aromatic heterocycles. The van der Waals surface area contributed by atoms with Gasteiger partial charge in [-0.15, -0.1) is 0 Å². The summed E-state index contributed by atoms with van der Waals surface area (Å²) in [5.74, 6) is 0.805. The maximum absolute atomic E-state index is 13.3. The highest BCUT2D eigenvalue weighted by molar-refractivity contribution is 6.02. The SMILES string of the molecule is COc1cc(-c2cnc3cc(OCCCN4CCCC4)ccn23)cc(OC(F)F)c1C(=O)CC1CC1. The molecule has 1 saturated heterocycles. The van der Waals surface area contributed by atoms with E-state index in [0.717, 1.165) is 31.6 Å². The van der Waals surface area contributed by atoms with Gasteiger partial charge < -0.3 is 19.1 Å². The van der Waals surface area contributed by atoms with Crippen LogP contribution in [0.4, 0.5) is 8.78 Å². The number of pyridine rings is 1. The first-order valence-corrected chi connectivity index (χ1v) is 12.5. The van der Waals surface area contributed by atoms with Gasteiger partial charge in [-0.05, 0) is 69.3 Å². The van der Waals surface area contributed by atoms with Crippen LogP contribution in [-0.4, -0.2) is 60.0 Å². The number of Topliss-reactive ketones (excluding diaryl/α,β-unsaturated/α-hetero) is 1. The fraction of sp³-hybridized carbons (Fsp3) is 0.481. The molecule has 0 N–H and O–H groups in total. The highest BCUT2D eigenvalue weighted by atomic mass is 19.3. The molecule has 0 amide bonds. The van der Waals surface area contributed by atoms with Gasteiger partial charge in [-0.3, -0.25) is 9.20 Å². The molecule has 0 spiro atoms. The van der Waals surface area contributed by atoms with Crippen molar-refractivity contribution >= 4 is 11.4 Å². The van der Waals surface area contributed by atoms with Crippen LogP contribution in [-0.2, 0) is 0 Å². The molecule has 5 rings (SSSR count). The maximum Gasteiger partial charge on any atom is 0.387 e. The molecule has 2 aliphatic rings. The molecule has 9 heteroatoms. The highest BCUT2D eigenvalue weighted by Gasteiger charge is 2.29. The predicted molar refractivity (Wildman–Crippen MR) is 131 cm³/mol. The first-order chi connectivity index (χ1) is 17.5. The number of benzene rings is 1. The zero-order valence-electron chi connectivity index (χ0n) is 20.4. The summed E-state index contributed by atoms with van der Waals surface area (Å²) in [6.45, 7) is 0.951. The lowest BCUT2D eigenvalue weighted by Gasteiger charge is -2.16. The third-order valence-electron chi connectivity index (χ3n) is 6.82. The van der Waals surface area contributed by atoms with Crippen molar-refractivity contribution in [2.75, 3.05) is 33.4 Å². The number of methoxy groups -OCH3 is 1. The molecule has 1 aliphatic carbocycles. The summed E-state index contributed by atoms with van der Waals surface area (Å²) in [4.78, 5) is 19.8. The number of halogens is 2. The van der Waals surface area contributed by atoms with Crippen LogP contribution in [0.1, 0.15) is 48.9 Å². The topological polar surface area (TPSA) is 65.3 Å². The molecule has 1 aliphatic heterocycles. The molecule has 1 aromatic carbocycles. The van der Waals surface area contributed by atoms with Crippen molar-refractivity contribution in [2.45, 2.75) is 45.1 Å². The molecular formula is C27H31F2N3O4. The number of ether oxygens (including phenoxy) is 3. The molecule has 1 saturated carbocycles. The van der Waals surface area contributed by atoms with Crippen molar-refractivity contribution in [2.24, 2.45) is 5.92 Å². The first-order valence-electron chi connectivity index (χ1n) is 12.5. The van der Waals surface area contributed by atoms with E-state index in [2.05, 4.69) is 9.88 Å². The van der Waals surface area contributed by atoms with E-state index in [1.807, 2.05) is 22.7 Å². The van der Waals surface area contributed by atoms with Crippen LogP contribution in [0, 0.1) is 5.92 Å². The molecule has 0 bridgehead atoms. The summed E-state index contributed by atoms with van der Waals surface area (Å²) >= 11 is 0. The van der Waals surface area contributed by atoms with Gasteiger partial charge in [-0.1, -0.05) is 0 Å². The Kier molecular flexibility index (Phi) is 7.36. The number of aromatic nitrogens is 2. The largest absolute Gasteiger partial charge is 0.496 e. The Bertz CT molecular complexity index is 1220. The van der Waals surface area contributed by atoms with E-state index in [-0.39, 0.29) is 22.8 Å². The first kappa shape index (κ1) is 24.5. The molecule has 3 heterocycles. The monoisotopic (exact) mass is 499 g/mol. The van der Waals surface area contributed by atoms with E-state index in [1.54, 1.807) is 12.3 Å². The Labute approximate surface area is 209 Å². The molecule has 36 heavy (non-hydrogen) atoms. The minimum absolute atomic E-state index is 0.0619. The van der Waals surface area contributed by atoms with Crippen LogP contribution in [0.25, 0.3) is 16.9 Å². The van der Waals surface area contributed by atoms with E-state index < -0.39 is 6.61 Å². The van der Waals surface area contributed by atoms with Gasteiger partial charge in [0.15, 0.2) is 5.78 Å². The molecule has 0 radical (unpaired) electrons. The molecule has 3 aromatic rings. The number of ketones is 1. The average Bonchev–Trinajstić information content (AvgIpc) is 3.34. The van der Waals surface area contributed by atoms with Crippen molar-refractivity contribution < 1.29 is 27.8 Å². The van der Waals surface area contributed by atoms with Crippen LogP contribution in [0.2, 0.25) is 0 Å². The van der Waals surface area contributed by atoms with Crippen molar-refractivity contribution in [1.29, 1.82) is 0 Å². The lowest BCUT2D eigenvalue weighted by atomic mass is 10.00. The Morgan fingerprint density at radius 3 is 2.67 bits per heavy atom. The van der Waals surface area contributed by atoms with E-state index in [9.17, 15) is 13.6 Å². The van der Waals surface area contributed by atoms with Crippen LogP contribution >= 0.6 is 0 Å². The number of hydrogen-bond acceptors (Lipinski definition) is 6. The van der Waals surface area contributed by atoms with Gasteiger partial charge in [0.2, 0.25) is 0 Å². The fourth-order valence-corrected chi connectivity index (χ4v) is 4.80. The van der Waals surface area contributed by atoms with Crippen LogP contribution in [0.15, 0.2) is 36.7 Å². The number of nitrogens with zero attached hydrogens (tertiary/aromatic N) is 3. The van der Waals surface area contributed by atoms with Gasteiger partial charge in [-0.2, -0.15) is 8.78 Å². The zero-order chi connectivity index (χ0) is 25.1. The third kappa shape index (κ3) is 5.61. The van der Waals surface area contributed by atoms with Crippen LogP contribution in [0.3, 0.4) is 0 Å². The van der Waals surface area contributed by atoms with E-state index in [4.69, 9.17) is 14.2 Å². The second-order valence-corrected chi connectivity index (χ2v) is 9.49. The molecule has 2 fully saturated rings. The van der Waals surface area contributed by atoms with Gasteiger partial charge in [0, 0.05) is 30.8 Å². The fourth-order valence-electron chi connectivity index (χ4n) is 4.80. The smallest absolute Gasteiger partial charge is 0.387 e.